The molecule has 3 N–H and O–H groups in total. The maximum absolute atomic E-state index is 14.6. The lowest BCUT2D eigenvalue weighted by atomic mass is 9.75. The van der Waals surface area contributed by atoms with E-state index >= 15 is 0 Å². The van der Waals surface area contributed by atoms with Crippen LogP contribution in [0.2, 0.25) is 0 Å². The molecular weight excluding hydrogens is 817 g/mol. The summed E-state index contributed by atoms with van der Waals surface area (Å²) in [4.78, 5) is 2.04. The molecule has 1 heterocycles. The minimum Gasteiger partial charge on any atom is -0.507 e. The lowest BCUT2D eigenvalue weighted by Gasteiger charge is -2.30. The maximum Gasteiger partial charge on any atom is 0.186 e. The van der Waals surface area contributed by atoms with Gasteiger partial charge in [0, 0.05) is 65.4 Å². The van der Waals surface area contributed by atoms with E-state index in [2.05, 4.69) is 215 Å². The van der Waals surface area contributed by atoms with E-state index in [0.717, 1.165) is 87.6 Å². The van der Waals surface area contributed by atoms with Gasteiger partial charge in [-0.25, -0.2) is 0 Å². The predicted molar refractivity (Wildman–Crippen MR) is 281 cm³/mol. The first-order chi connectivity index (χ1) is 29.0. The molecular formula is C60H83O4S. The Morgan fingerprint density at radius 2 is 0.462 bits per heavy atom. The van der Waals surface area contributed by atoms with Gasteiger partial charge in [-0.3, -0.25) is 5.11 Å². The number of hydrogen-bond donors (Lipinski definition) is 3. The number of phenolic OH excluding ortho intramolecular Hbond substituents is 3. The van der Waals surface area contributed by atoms with Gasteiger partial charge in [0.05, 0.1) is 0 Å². The summed E-state index contributed by atoms with van der Waals surface area (Å²) in [5, 5.41) is 51.1. The van der Waals surface area contributed by atoms with Crippen LogP contribution in [0.4, 0.5) is 0 Å². The van der Waals surface area contributed by atoms with Crippen LogP contribution in [0.1, 0.15) is 211 Å². The first-order valence-electron chi connectivity index (χ1n) is 23.7. The second kappa shape index (κ2) is 16.2. The highest BCUT2D eigenvalue weighted by Crippen LogP contribution is 2.58. The highest BCUT2D eigenvalue weighted by Gasteiger charge is 2.36. The molecule has 4 aromatic carbocycles. The summed E-state index contributed by atoms with van der Waals surface area (Å²) >= 11 is 1.72. The Morgan fingerprint density at radius 1 is 0.292 bits per heavy atom. The maximum atomic E-state index is 14.6. The summed E-state index contributed by atoms with van der Waals surface area (Å²) in [6, 6.07) is 17.4. The Morgan fingerprint density at radius 3 is 0.646 bits per heavy atom. The number of thiophene rings is 1. The van der Waals surface area contributed by atoms with Crippen LogP contribution < -0.4 is 0 Å². The van der Waals surface area contributed by atoms with Crippen molar-refractivity contribution in [2.45, 2.75) is 209 Å². The average molecular weight is 900 g/mol. The van der Waals surface area contributed by atoms with Crippen LogP contribution in [0, 0.1) is 0 Å². The molecule has 0 amide bonds. The van der Waals surface area contributed by atoms with Gasteiger partial charge in [0.25, 0.3) is 0 Å². The monoisotopic (exact) mass is 900 g/mol. The minimum absolute atomic E-state index is 0.0771. The van der Waals surface area contributed by atoms with Crippen molar-refractivity contribution in [3.8, 4) is 66.1 Å². The number of rotatable bonds is 4. The fraction of sp³-hybridized carbons (Fsp3) is 0.533. The third kappa shape index (κ3) is 10.2. The molecule has 0 spiro atoms. The van der Waals surface area contributed by atoms with Gasteiger partial charge in [-0.05, 0) is 114 Å². The van der Waals surface area contributed by atoms with Gasteiger partial charge in [-0.15, -0.1) is 11.3 Å². The molecule has 1 radical (unpaired) electrons. The second-order valence-electron chi connectivity index (χ2n) is 27.2. The molecule has 65 heavy (non-hydrogen) atoms. The van der Waals surface area contributed by atoms with Gasteiger partial charge in [-0.1, -0.05) is 166 Å². The highest BCUT2D eigenvalue weighted by atomic mass is 32.1. The summed E-state index contributed by atoms with van der Waals surface area (Å²) in [5.41, 5.74) is 9.38. The number of hydrogen-bond acceptors (Lipinski definition) is 4. The molecule has 5 heteroatoms. The Kier molecular flexibility index (Phi) is 12.9. The summed E-state index contributed by atoms with van der Waals surface area (Å²) < 4.78 is 0. The molecule has 0 aliphatic carbocycles. The van der Waals surface area contributed by atoms with Crippen molar-refractivity contribution in [1.29, 1.82) is 0 Å². The summed E-state index contributed by atoms with van der Waals surface area (Å²) in [6.45, 7) is 51.5. The molecule has 1 aromatic heterocycles. The van der Waals surface area contributed by atoms with Crippen molar-refractivity contribution in [1.82, 2.24) is 0 Å². The largest absolute Gasteiger partial charge is 0.507 e. The highest BCUT2D eigenvalue weighted by molar-refractivity contribution is 7.20. The van der Waals surface area contributed by atoms with E-state index in [9.17, 15) is 20.4 Å². The standard InChI is InChI=1S/C60H83O4S/c1-53(2,3)37-25-33(26-38(47(37)61)54(4,5)6)45-46(34-27-39(55(7,8)9)48(62)40(28-34)56(10,11)12)52(36-31-43(59(19,20)21)50(64)44(32-36)60(22,23)24)65-51(45)35-29-41(57(13,14)15)49(63)42(30-35)58(16,17)18/h25-32,61-63H,1-24H3. The zero-order valence-corrected chi connectivity index (χ0v) is 45.6. The molecule has 0 fully saturated rings. The fourth-order valence-corrected chi connectivity index (χ4v) is 10.3. The SMILES string of the molecule is CC(C)(C)c1cc(-c2sc(-c3cc(C(C)(C)C)c(O)c(C(C)(C)C)c3)c(-c3cc(C(C)(C)C)c(O)c(C(C)(C)C)c3)c2-c2cc(C(C)(C)C)c(O)c(C(C)(C)C)c2)cc(C(C)(C)C)c1[O]. The van der Waals surface area contributed by atoms with Crippen molar-refractivity contribution >= 4 is 11.3 Å². The van der Waals surface area contributed by atoms with E-state index in [4.69, 9.17) is 0 Å². The smallest absolute Gasteiger partial charge is 0.186 e. The summed E-state index contributed by atoms with van der Waals surface area (Å²) in [5.74, 6) is 1.02. The van der Waals surface area contributed by atoms with Crippen molar-refractivity contribution in [3.63, 3.8) is 0 Å². The zero-order chi connectivity index (χ0) is 49.9. The molecule has 0 atom stereocenters. The fourth-order valence-electron chi connectivity index (χ4n) is 9.02. The van der Waals surface area contributed by atoms with E-state index in [0.29, 0.717) is 17.2 Å². The molecule has 0 aliphatic rings. The van der Waals surface area contributed by atoms with Crippen molar-refractivity contribution in [2.75, 3.05) is 0 Å². The van der Waals surface area contributed by atoms with E-state index in [-0.39, 0.29) is 16.6 Å². The van der Waals surface area contributed by atoms with Crippen LogP contribution in [-0.2, 0) is 48.4 Å². The molecule has 0 saturated heterocycles. The lowest BCUT2D eigenvalue weighted by Crippen LogP contribution is -2.18. The molecule has 0 unspecified atom stereocenters. The van der Waals surface area contributed by atoms with E-state index in [1.807, 2.05) is 0 Å². The molecule has 5 rings (SSSR count). The van der Waals surface area contributed by atoms with Crippen molar-refractivity contribution in [3.05, 3.63) is 93.0 Å². The first kappa shape index (κ1) is 51.8. The van der Waals surface area contributed by atoms with Crippen molar-refractivity contribution in [2.24, 2.45) is 0 Å². The van der Waals surface area contributed by atoms with Crippen LogP contribution in [-0.4, -0.2) is 15.3 Å². The van der Waals surface area contributed by atoms with Crippen LogP contribution >= 0.6 is 11.3 Å². The third-order valence-electron chi connectivity index (χ3n) is 12.9. The molecule has 0 aliphatic heterocycles. The van der Waals surface area contributed by atoms with Crippen LogP contribution in [0.15, 0.2) is 48.5 Å². The van der Waals surface area contributed by atoms with Gasteiger partial charge in [0.2, 0.25) is 0 Å². The first-order valence-corrected chi connectivity index (χ1v) is 24.5. The normalized spacial score (nSPS) is 13.8. The predicted octanol–water partition coefficient (Wildman–Crippen LogP) is 18.1. The van der Waals surface area contributed by atoms with Gasteiger partial charge < -0.3 is 15.3 Å². The number of aromatic hydroxyl groups is 3. The Hall–Kier alpha value is -4.22. The van der Waals surface area contributed by atoms with E-state index in [1.54, 1.807) is 11.3 Å². The molecule has 5 aromatic rings. The molecule has 353 valence electrons. The molecule has 4 nitrogen and oxygen atoms in total. The van der Waals surface area contributed by atoms with Gasteiger partial charge in [0.15, 0.2) is 5.75 Å². The summed E-state index contributed by atoms with van der Waals surface area (Å²) in [6.07, 6.45) is 0. The summed E-state index contributed by atoms with van der Waals surface area (Å²) in [7, 11) is 0. The quantitative estimate of drug-likeness (QED) is 0.168. The Balaban J connectivity index is 2.28. The third-order valence-corrected chi connectivity index (χ3v) is 14.2. The zero-order valence-electron chi connectivity index (χ0n) is 44.8. The van der Waals surface area contributed by atoms with Crippen LogP contribution in [0.5, 0.6) is 23.0 Å². The second-order valence-corrected chi connectivity index (χ2v) is 28.2. The van der Waals surface area contributed by atoms with Crippen LogP contribution in [0.25, 0.3) is 43.1 Å². The Bertz CT molecular complexity index is 2310. The van der Waals surface area contributed by atoms with E-state index in [1.165, 1.54) is 0 Å². The average Bonchev–Trinajstić information content (AvgIpc) is 3.48. The van der Waals surface area contributed by atoms with Gasteiger partial charge >= 0.3 is 0 Å². The molecule has 0 bridgehead atoms. The molecule has 0 saturated carbocycles. The van der Waals surface area contributed by atoms with E-state index < -0.39 is 32.5 Å². The van der Waals surface area contributed by atoms with Crippen LogP contribution in [0.3, 0.4) is 0 Å². The number of benzene rings is 4. The topological polar surface area (TPSA) is 80.6 Å². The van der Waals surface area contributed by atoms with Gasteiger partial charge in [0.1, 0.15) is 17.2 Å². The minimum atomic E-state index is -0.437. The van der Waals surface area contributed by atoms with Crippen molar-refractivity contribution < 1.29 is 20.4 Å². The van der Waals surface area contributed by atoms with Gasteiger partial charge in [-0.2, -0.15) is 0 Å². The lowest BCUT2D eigenvalue weighted by molar-refractivity contribution is 0.327. The number of phenols is 3. The Labute approximate surface area is 398 Å².